The van der Waals surface area contributed by atoms with E-state index in [9.17, 15) is 0 Å². The molecule has 0 aromatic rings. The third kappa shape index (κ3) is 28.6. The molecule has 0 rings (SSSR count). The number of hydrogen-bond donors (Lipinski definition) is 0. The standard InChI is InChI=1S/2C12H25O2.Mg/c2*1-4-7-8-9-12(13-10-5-2)14-11-6-3;/h2*12H,1,4-11H2,2-3H3;/q2*-1;+2. The van der Waals surface area contributed by atoms with E-state index in [2.05, 4.69) is 41.5 Å². The van der Waals surface area contributed by atoms with Crippen LogP contribution in [0.5, 0.6) is 0 Å². The molecule has 0 aliphatic heterocycles. The van der Waals surface area contributed by atoms with E-state index in [1.54, 1.807) is 0 Å². The van der Waals surface area contributed by atoms with Gasteiger partial charge in [-0.1, -0.05) is 53.4 Å². The van der Waals surface area contributed by atoms with Crippen molar-refractivity contribution >= 4 is 23.1 Å². The summed E-state index contributed by atoms with van der Waals surface area (Å²) in [5.74, 6) is 0. The fourth-order valence-electron chi connectivity index (χ4n) is 2.40. The molecular formula is C24H50MgO4. The van der Waals surface area contributed by atoms with E-state index < -0.39 is 0 Å². The molecule has 0 saturated heterocycles. The second-order valence-corrected chi connectivity index (χ2v) is 7.04. The average Bonchev–Trinajstić information content (AvgIpc) is 2.72. The van der Waals surface area contributed by atoms with Gasteiger partial charge in [-0.15, -0.1) is 0 Å². The summed E-state index contributed by atoms with van der Waals surface area (Å²) < 4.78 is 22.4. The summed E-state index contributed by atoms with van der Waals surface area (Å²) in [6.45, 7) is 19.3. The molecule has 5 heteroatoms. The van der Waals surface area contributed by atoms with Gasteiger partial charge in [0.1, 0.15) is 0 Å². The Morgan fingerprint density at radius 1 is 0.517 bits per heavy atom. The molecule has 0 spiro atoms. The van der Waals surface area contributed by atoms with Crippen LogP contribution in [0.15, 0.2) is 0 Å². The predicted octanol–water partition coefficient (Wildman–Crippen LogP) is 6.74. The topological polar surface area (TPSA) is 36.9 Å². The Bertz CT molecular complexity index is 225. The van der Waals surface area contributed by atoms with Gasteiger partial charge in [-0.3, -0.25) is 0 Å². The first-order valence-corrected chi connectivity index (χ1v) is 11.7. The SMILES string of the molecule is [CH2-]CCCCC(OCCC)OCCC.[CH2-]CCCCC(OCCC)OCCC.[Mg+2]. The maximum Gasteiger partial charge on any atom is 2.00 e. The van der Waals surface area contributed by atoms with Crippen molar-refractivity contribution in [1.29, 1.82) is 0 Å². The van der Waals surface area contributed by atoms with Gasteiger partial charge < -0.3 is 32.8 Å². The summed E-state index contributed by atoms with van der Waals surface area (Å²) in [6, 6.07) is 0. The summed E-state index contributed by atoms with van der Waals surface area (Å²) in [5.41, 5.74) is 0. The quantitative estimate of drug-likeness (QED) is 0.0934. The first-order chi connectivity index (χ1) is 13.7. The average molecular weight is 427 g/mol. The Morgan fingerprint density at radius 3 is 1.00 bits per heavy atom. The number of ether oxygens (including phenoxy) is 4. The first-order valence-electron chi connectivity index (χ1n) is 11.7. The minimum atomic E-state index is 0. The molecule has 0 fully saturated rings. The predicted molar refractivity (Wildman–Crippen MR) is 126 cm³/mol. The minimum absolute atomic E-state index is 0. The smallest absolute Gasteiger partial charge is 0.353 e. The number of rotatable bonds is 20. The van der Waals surface area contributed by atoms with Crippen LogP contribution in [0.3, 0.4) is 0 Å². The van der Waals surface area contributed by atoms with Crippen LogP contribution in [0.2, 0.25) is 0 Å². The molecular weight excluding hydrogens is 377 g/mol. The van der Waals surface area contributed by atoms with Crippen molar-refractivity contribution in [3.8, 4) is 0 Å². The molecule has 0 aliphatic rings. The Morgan fingerprint density at radius 2 is 0.793 bits per heavy atom. The third-order valence-corrected chi connectivity index (χ3v) is 3.91. The van der Waals surface area contributed by atoms with Gasteiger partial charge in [0.05, 0.1) is 0 Å². The zero-order valence-corrected chi connectivity index (χ0v) is 21.6. The molecule has 0 heterocycles. The molecule has 0 saturated carbocycles. The fraction of sp³-hybridized carbons (Fsp3) is 0.917. The third-order valence-electron chi connectivity index (χ3n) is 3.91. The van der Waals surface area contributed by atoms with Crippen LogP contribution in [-0.2, 0) is 18.9 Å². The summed E-state index contributed by atoms with van der Waals surface area (Å²) >= 11 is 0. The van der Waals surface area contributed by atoms with E-state index in [0.717, 1.165) is 90.6 Å². The molecule has 29 heavy (non-hydrogen) atoms. The normalized spacial score (nSPS) is 10.8. The van der Waals surface area contributed by atoms with Gasteiger partial charge in [0.15, 0.2) is 12.6 Å². The molecule has 0 bridgehead atoms. The summed E-state index contributed by atoms with van der Waals surface area (Å²) in [4.78, 5) is 0. The van der Waals surface area contributed by atoms with Crippen molar-refractivity contribution in [3.63, 3.8) is 0 Å². The van der Waals surface area contributed by atoms with Crippen molar-refractivity contribution < 1.29 is 18.9 Å². The van der Waals surface area contributed by atoms with E-state index in [4.69, 9.17) is 18.9 Å². The summed E-state index contributed by atoms with van der Waals surface area (Å²) in [5, 5.41) is 0. The molecule has 172 valence electrons. The summed E-state index contributed by atoms with van der Waals surface area (Å²) in [7, 11) is 0. The van der Waals surface area contributed by atoms with E-state index in [1.165, 1.54) is 12.8 Å². The van der Waals surface area contributed by atoms with E-state index >= 15 is 0 Å². The molecule has 4 nitrogen and oxygen atoms in total. The minimum Gasteiger partial charge on any atom is -0.353 e. The maximum atomic E-state index is 5.60. The first kappa shape index (κ1) is 34.2. The van der Waals surface area contributed by atoms with Crippen molar-refractivity contribution in [3.05, 3.63) is 13.8 Å². The molecule has 0 atom stereocenters. The molecule has 0 aliphatic carbocycles. The van der Waals surface area contributed by atoms with Crippen LogP contribution in [0.25, 0.3) is 0 Å². The molecule has 0 N–H and O–H groups in total. The Balaban J connectivity index is -0.000000451. The maximum absolute atomic E-state index is 5.60. The second-order valence-electron chi connectivity index (χ2n) is 7.04. The van der Waals surface area contributed by atoms with Gasteiger partial charge in [0.2, 0.25) is 0 Å². The van der Waals surface area contributed by atoms with Crippen molar-refractivity contribution in [2.75, 3.05) is 26.4 Å². The van der Waals surface area contributed by atoms with Gasteiger partial charge in [-0.05, 0) is 38.5 Å². The zero-order valence-electron chi connectivity index (χ0n) is 20.2. The molecule has 0 aromatic carbocycles. The van der Waals surface area contributed by atoms with Crippen LogP contribution in [0, 0.1) is 13.8 Å². The Hall–Kier alpha value is 0.606. The second kappa shape index (κ2) is 30.8. The van der Waals surface area contributed by atoms with Gasteiger partial charge in [-0.25, -0.2) is 0 Å². The van der Waals surface area contributed by atoms with Crippen LogP contribution in [0.1, 0.15) is 105 Å². The van der Waals surface area contributed by atoms with Gasteiger partial charge >= 0.3 is 23.1 Å². The van der Waals surface area contributed by atoms with Crippen molar-refractivity contribution in [2.45, 2.75) is 117 Å². The van der Waals surface area contributed by atoms with E-state index in [1.807, 2.05) is 0 Å². The summed E-state index contributed by atoms with van der Waals surface area (Å²) in [6.07, 6.45) is 12.9. The fourth-order valence-corrected chi connectivity index (χ4v) is 2.40. The molecule has 0 unspecified atom stereocenters. The monoisotopic (exact) mass is 426 g/mol. The van der Waals surface area contributed by atoms with Crippen LogP contribution < -0.4 is 0 Å². The van der Waals surface area contributed by atoms with Crippen LogP contribution in [-0.4, -0.2) is 62.1 Å². The number of hydrogen-bond acceptors (Lipinski definition) is 4. The van der Waals surface area contributed by atoms with Crippen LogP contribution >= 0.6 is 0 Å². The molecule has 0 aromatic heterocycles. The Labute approximate surface area is 199 Å². The van der Waals surface area contributed by atoms with E-state index in [0.29, 0.717) is 0 Å². The van der Waals surface area contributed by atoms with Gasteiger partial charge in [0, 0.05) is 26.4 Å². The van der Waals surface area contributed by atoms with Gasteiger partial charge in [-0.2, -0.15) is 12.8 Å². The van der Waals surface area contributed by atoms with Gasteiger partial charge in [0.25, 0.3) is 0 Å². The molecule has 0 amide bonds. The molecule has 0 radical (unpaired) electrons. The number of unbranched alkanes of at least 4 members (excludes halogenated alkanes) is 4. The van der Waals surface area contributed by atoms with Crippen molar-refractivity contribution in [2.24, 2.45) is 0 Å². The largest absolute Gasteiger partial charge is 2.00 e. The van der Waals surface area contributed by atoms with Crippen molar-refractivity contribution in [1.82, 2.24) is 0 Å². The van der Waals surface area contributed by atoms with E-state index in [-0.39, 0.29) is 35.6 Å². The van der Waals surface area contributed by atoms with Crippen LogP contribution in [0.4, 0.5) is 0 Å². The zero-order chi connectivity index (χ0) is 21.3. The Kier molecular flexibility index (Phi) is 36.3.